The summed E-state index contributed by atoms with van der Waals surface area (Å²) in [6, 6.07) is 18.6. The number of anilines is 1. The number of nitrogens with two attached hydrogens (primary N) is 1. The highest BCUT2D eigenvalue weighted by Crippen LogP contribution is 2.23. The number of pyridine rings is 1. The summed E-state index contributed by atoms with van der Waals surface area (Å²) in [4.78, 5) is 16.9. The Labute approximate surface area is 171 Å². The van der Waals surface area contributed by atoms with E-state index in [1.165, 1.54) is 5.56 Å². The highest BCUT2D eigenvalue weighted by molar-refractivity contribution is 6.04. The van der Waals surface area contributed by atoms with Gasteiger partial charge in [0.05, 0.1) is 0 Å². The zero-order valence-electron chi connectivity index (χ0n) is 15.9. The van der Waals surface area contributed by atoms with Crippen molar-refractivity contribution in [2.75, 3.05) is 5.32 Å². The Bertz CT molecular complexity index is 943. The molecule has 0 aliphatic carbocycles. The van der Waals surface area contributed by atoms with Crippen molar-refractivity contribution in [3.05, 3.63) is 83.0 Å². The maximum Gasteiger partial charge on any atom is 0.255 e. The molecule has 1 amide bonds. The molecule has 0 saturated heterocycles. The van der Waals surface area contributed by atoms with Gasteiger partial charge >= 0.3 is 0 Å². The van der Waals surface area contributed by atoms with Crippen LogP contribution in [0.1, 0.15) is 34.1 Å². The maximum atomic E-state index is 12.5. The third-order valence-electron chi connectivity index (χ3n) is 4.16. The lowest BCUT2D eigenvalue weighted by Gasteiger charge is -2.10. The van der Waals surface area contributed by atoms with Crippen molar-refractivity contribution in [2.45, 2.75) is 26.8 Å². The second-order valence-corrected chi connectivity index (χ2v) is 6.29. The lowest BCUT2D eigenvalue weighted by Crippen LogP contribution is -2.11. The normalized spacial score (nSPS) is 10.1. The quantitative estimate of drug-likeness (QED) is 0.621. The van der Waals surface area contributed by atoms with Crippen molar-refractivity contribution in [2.24, 2.45) is 5.73 Å². The van der Waals surface area contributed by atoms with Crippen molar-refractivity contribution in [1.29, 1.82) is 0 Å². The number of ether oxygens (including phenoxy) is 1. The molecule has 146 valence electrons. The molecule has 28 heavy (non-hydrogen) atoms. The van der Waals surface area contributed by atoms with Crippen LogP contribution in [0.4, 0.5) is 5.69 Å². The van der Waals surface area contributed by atoms with Crippen molar-refractivity contribution >= 4 is 24.0 Å². The fourth-order valence-corrected chi connectivity index (χ4v) is 2.73. The minimum atomic E-state index is -0.190. The van der Waals surface area contributed by atoms with E-state index in [-0.39, 0.29) is 18.3 Å². The van der Waals surface area contributed by atoms with Gasteiger partial charge in [-0.2, -0.15) is 0 Å². The van der Waals surface area contributed by atoms with E-state index in [2.05, 4.69) is 17.2 Å². The van der Waals surface area contributed by atoms with Crippen LogP contribution in [0.5, 0.6) is 11.6 Å². The maximum absolute atomic E-state index is 12.5. The molecule has 2 aromatic carbocycles. The molecule has 3 aromatic rings. The highest BCUT2D eigenvalue weighted by Gasteiger charge is 2.09. The van der Waals surface area contributed by atoms with Crippen molar-refractivity contribution in [3.8, 4) is 11.6 Å². The second kappa shape index (κ2) is 9.88. The number of carbonyl (C=O) groups is 1. The monoisotopic (exact) mass is 397 g/mol. The second-order valence-electron chi connectivity index (χ2n) is 6.29. The van der Waals surface area contributed by atoms with Crippen LogP contribution in [-0.2, 0) is 13.0 Å². The molecule has 0 aliphatic rings. The molecular formula is C22H24ClN3O2. The van der Waals surface area contributed by atoms with E-state index in [9.17, 15) is 4.79 Å². The summed E-state index contributed by atoms with van der Waals surface area (Å²) in [6.07, 6.45) is 0.965. The van der Waals surface area contributed by atoms with Crippen LogP contribution in [0.15, 0.2) is 60.7 Å². The van der Waals surface area contributed by atoms with Gasteiger partial charge in [0.15, 0.2) is 0 Å². The van der Waals surface area contributed by atoms with Gasteiger partial charge < -0.3 is 15.8 Å². The van der Waals surface area contributed by atoms with Crippen LogP contribution in [0, 0.1) is 6.92 Å². The number of nitrogens with zero attached hydrogens (tertiary/aromatic N) is 1. The third-order valence-corrected chi connectivity index (χ3v) is 4.16. The number of carbonyl (C=O) groups excluding carboxylic acids is 1. The largest absolute Gasteiger partial charge is 0.439 e. The Morgan fingerprint density at radius 1 is 1.07 bits per heavy atom. The number of hydrogen-bond donors (Lipinski definition) is 2. The summed E-state index contributed by atoms with van der Waals surface area (Å²) < 4.78 is 5.83. The Morgan fingerprint density at radius 2 is 1.82 bits per heavy atom. The lowest BCUT2D eigenvalue weighted by atomic mass is 10.1. The van der Waals surface area contributed by atoms with Gasteiger partial charge in [-0.1, -0.05) is 25.1 Å². The number of aromatic nitrogens is 1. The van der Waals surface area contributed by atoms with Gasteiger partial charge in [0.25, 0.3) is 5.91 Å². The summed E-state index contributed by atoms with van der Waals surface area (Å²) >= 11 is 0. The summed E-state index contributed by atoms with van der Waals surface area (Å²) in [5.41, 5.74) is 9.98. The highest BCUT2D eigenvalue weighted by atomic mass is 35.5. The molecule has 6 heteroatoms. The zero-order chi connectivity index (χ0) is 19.2. The molecule has 3 N–H and O–H groups in total. The van der Waals surface area contributed by atoms with Gasteiger partial charge in [0, 0.05) is 29.6 Å². The van der Waals surface area contributed by atoms with E-state index >= 15 is 0 Å². The molecule has 3 rings (SSSR count). The number of hydrogen-bond acceptors (Lipinski definition) is 4. The molecular weight excluding hydrogens is 374 g/mol. The minimum Gasteiger partial charge on any atom is -0.439 e. The van der Waals surface area contributed by atoms with Gasteiger partial charge in [0.1, 0.15) is 5.75 Å². The van der Waals surface area contributed by atoms with E-state index in [1.54, 1.807) is 30.3 Å². The van der Waals surface area contributed by atoms with E-state index in [4.69, 9.17) is 10.5 Å². The number of aryl methyl sites for hydroxylation is 2. The van der Waals surface area contributed by atoms with Crippen LogP contribution in [0.2, 0.25) is 0 Å². The predicted octanol–water partition coefficient (Wildman–Crippen LogP) is 4.88. The first-order chi connectivity index (χ1) is 13.1. The molecule has 0 atom stereocenters. The number of benzene rings is 2. The van der Waals surface area contributed by atoms with Gasteiger partial charge in [-0.25, -0.2) is 4.98 Å². The molecule has 0 radical (unpaired) electrons. The third kappa shape index (κ3) is 5.55. The number of amides is 1. The summed E-state index contributed by atoms with van der Waals surface area (Å²) in [7, 11) is 0. The van der Waals surface area contributed by atoms with Gasteiger partial charge in [0.2, 0.25) is 5.88 Å². The minimum absolute atomic E-state index is 0. The molecule has 0 aliphatic heterocycles. The fraction of sp³-hybridized carbons (Fsp3) is 0.182. The van der Waals surface area contributed by atoms with Crippen LogP contribution in [0.3, 0.4) is 0 Å². The van der Waals surface area contributed by atoms with E-state index in [1.807, 2.05) is 37.3 Å². The van der Waals surface area contributed by atoms with E-state index in [0.29, 0.717) is 23.7 Å². The average molecular weight is 398 g/mol. The lowest BCUT2D eigenvalue weighted by molar-refractivity contribution is 0.102. The molecule has 0 saturated carbocycles. The van der Waals surface area contributed by atoms with Crippen LogP contribution in [0.25, 0.3) is 0 Å². The Balaban J connectivity index is 0.00000280. The first-order valence-electron chi connectivity index (χ1n) is 8.93. The first-order valence-corrected chi connectivity index (χ1v) is 8.93. The zero-order valence-corrected chi connectivity index (χ0v) is 16.8. The van der Waals surface area contributed by atoms with Crippen LogP contribution >= 0.6 is 12.4 Å². The number of nitrogens with one attached hydrogen (secondary N) is 1. The fourth-order valence-electron chi connectivity index (χ4n) is 2.73. The van der Waals surface area contributed by atoms with Crippen LogP contribution < -0.4 is 15.8 Å². The van der Waals surface area contributed by atoms with Crippen molar-refractivity contribution < 1.29 is 9.53 Å². The van der Waals surface area contributed by atoms with Gasteiger partial charge in [-0.15, -0.1) is 12.4 Å². The Hall–Kier alpha value is -2.89. The van der Waals surface area contributed by atoms with E-state index in [0.717, 1.165) is 23.4 Å². The summed E-state index contributed by atoms with van der Waals surface area (Å²) in [6.45, 7) is 4.40. The Kier molecular flexibility index (Phi) is 7.55. The molecule has 1 heterocycles. The molecule has 5 nitrogen and oxygen atoms in total. The first kappa shape index (κ1) is 21.4. The van der Waals surface area contributed by atoms with Gasteiger partial charge in [-0.3, -0.25) is 4.79 Å². The SMILES string of the molecule is CCc1ccc(NC(=O)c2cccc(Oc3cc(CN)cc(C)n3)c2)cc1.Cl. The molecule has 0 bridgehead atoms. The standard InChI is InChI=1S/C22H23N3O2.ClH/c1-3-16-7-9-19(10-8-16)25-22(26)18-5-4-6-20(13-18)27-21-12-17(14-23)11-15(2)24-21;/h4-13H,3,14,23H2,1-2H3,(H,25,26);1H. The van der Waals surface area contributed by atoms with Crippen molar-refractivity contribution in [1.82, 2.24) is 4.98 Å². The molecule has 1 aromatic heterocycles. The van der Waals surface area contributed by atoms with Gasteiger partial charge in [-0.05, 0) is 60.9 Å². The predicted molar refractivity (Wildman–Crippen MR) is 114 cm³/mol. The smallest absolute Gasteiger partial charge is 0.255 e. The average Bonchev–Trinajstić information content (AvgIpc) is 2.68. The Morgan fingerprint density at radius 3 is 2.50 bits per heavy atom. The molecule has 0 fully saturated rings. The molecule has 0 spiro atoms. The summed E-state index contributed by atoms with van der Waals surface area (Å²) in [5, 5.41) is 2.90. The van der Waals surface area contributed by atoms with Crippen molar-refractivity contribution in [3.63, 3.8) is 0 Å². The molecule has 0 unspecified atom stereocenters. The number of rotatable bonds is 6. The summed E-state index contributed by atoms with van der Waals surface area (Å²) in [5.74, 6) is 0.817. The number of halogens is 1. The topological polar surface area (TPSA) is 77.2 Å². The van der Waals surface area contributed by atoms with E-state index < -0.39 is 0 Å². The van der Waals surface area contributed by atoms with Crippen LogP contribution in [-0.4, -0.2) is 10.9 Å².